The van der Waals surface area contributed by atoms with Crippen LogP contribution in [0.1, 0.15) is 31.9 Å². The van der Waals surface area contributed by atoms with Crippen molar-refractivity contribution in [1.29, 1.82) is 0 Å². The van der Waals surface area contributed by atoms with Crippen molar-refractivity contribution >= 4 is 21.6 Å². The summed E-state index contributed by atoms with van der Waals surface area (Å²) in [5, 5.41) is 0. The number of benzene rings is 2. The lowest BCUT2D eigenvalue weighted by Gasteiger charge is -2.23. The molecule has 0 bridgehead atoms. The number of amides is 1. The molecule has 156 valence electrons. The third kappa shape index (κ3) is 4.79. The van der Waals surface area contributed by atoms with Crippen molar-refractivity contribution in [2.24, 2.45) is 5.92 Å². The zero-order chi connectivity index (χ0) is 21.2. The second-order valence-electron chi connectivity index (χ2n) is 7.91. The van der Waals surface area contributed by atoms with Crippen LogP contribution in [0.15, 0.2) is 47.4 Å². The first kappa shape index (κ1) is 21.3. The number of sulfonamides is 1. The predicted octanol–water partition coefficient (Wildman–Crippen LogP) is 3.29. The van der Waals surface area contributed by atoms with E-state index in [2.05, 4.69) is 4.72 Å². The quantitative estimate of drug-likeness (QED) is 0.752. The van der Waals surface area contributed by atoms with Crippen molar-refractivity contribution in [2.75, 3.05) is 18.1 Å². The highest BCUT2D eigenvalue weighted by atomic mass is 32.2. The normalized spacial score (nSPS) is 16.2. The molecule has 0 spiro atoms. The van der Waals surface area contributed by atoms with E-state index in [1.165, 1.54) is 6.07 Å². The second-order valence-corrected chi connectivity index (χ2v) is 9.67. The maximum Gasteiger partial charge on any atom is 0.265 e. The molecule has 0 radical (unpaired) electrons. The highest BCUT2D eigenvalue weighted by Crippen LogP contribution is 2.32. The fourth-order valence-corrected chi connectivity index (χ4v) is 4.76. The van der Waals surface area contributed by atoms with Gasteiger partial charge in [-0.05, 0) is 61.6 Å². The minimum Gasteiger partial charge on any atom is -0.483 e. The number of hydrogen-bond acceptors (Lipinski definition) is 4. The average molecular weight is 417 g/mol. The molecule has 2 aromatic rings. The molecule has 0 aliphatic carbocycles. The molecule has 2 aromatic carbocycles. The number of hydrogen-bond donors (Lipinski definition) is 1. The predicted molar refractivity (Wildman–Crippen MR) is 114 cm³/mol. The fourth-order valence-electron chi connectivity index (χ4n) is 3.47. The first-order valence-electron chi connectivity index (χ1n) is 9.82. The third-order valence-corrected chi connectivity index (χ3v) is 6.39. The van der Waals surface area contributed by atoms with Gasteiger partial charge in [-0.15, -0.1) is 0 Å². The monoisotopic (exact) mass is 416 g/mol. The summed E-state index contributed by atoms with van der Waals surface area (Å²) in [4.78, 5) is 14.7. The third-order valence-electron chi connectivity index (χ3n) is 4.97. The van der Waals surface area contributed by atoms with Gasteiger partial charge in [-0.2, -0.15) is 0 Å². The molecule has 1 heterocycles. The number of nitrogens with one attached hydrogen (secondary N) is 1. The molecule has 1 aliphatic heterocycles. The molecule has 0 saturated carbocycles. The number of carbonyl (C=O) groups excluding carboxylic acids is 1. The van der Waals surface area contributed by atoms with E-state index in [1.54, 1.807) is 24.0 Å². The summed E-state index contributed by atoms with van der Waals surface area (Å²) in [6.45, 7) is 7.96. The lowest BCUT2D eigenvalue weighted by molar-refractivity contribution is -0.120. The molecule has 0 unspecified atom stereocenters. The van der Waals surface area contributed by atoms with Crippen molar-refractivity contribution in [3.8, 4) is 5.75 Å². The van der Waals surface area contributed by atoms with Crippen LogP contribution < -0.4 is 14.4 Å². The Hall–Kier alpha value is -2.38. The molecular formula is C22H28N2O4S. The summed E-state index contributed by atoms with van der Waals surface area (Å²) < 4.78 is 33.1. The van der Waals surface area contributed by atoms with E-state index < -0.39 is 10.0 Å². The highest BCUT2D eigenvalue weighted by Gasteiger charge is 2.30. The van der Waals surface area contributed by atoms with Crippen LogP contribution >= 0.6 is 0 Å². The smallest absolute Gasteiger partial charge is 0.265 e. The fraction of sp³-hybridized carbons (Fsp3) is 0.409. The van der Waals surface area contributed by atoms with Gasteiger partial charge in [-0.3, -0.25) is 4.79 Å². The Morgan fingerprint density at radius 2 is 1.97 bits per heavy atom. The molecule has 7 heteroatoms. The molecule has 1 N–H and O–H groups in total. The minimum absolute atomic E-state index is 0.0872. The number of carbonyl (C=O) groups is 1. The Morgan fingerprint density at radius 1 is 1.24 bits per heavy atom. The molecule has 0 fully saturated rings. The number of rotatable bonds is 7. The van der Waals surface area contributed by atoms with Gasteiger partial charge in [0.2, 0.25) is 10.0 Å². The standard InChI is InChI=1S/C22H28N2O4S/c1-15(2)13-23-29(26,27)19-9-10-21(16(3)11-19)28-14-22(25)24-17(4)12-18-7-5-6-8-20(18)24/h5-11,15,17,23H,12-14H2,1-4H3/t17-/m0/s1. The van der Waals surface area contributed by atoms with Gasteiger partial charge in [0.25, 0.3) is 5.91 Å². The zero-order valence-corrected chi connectivity index (χ0v) is 18.1. The van der Waals surface area contributed by atoms with E-state index in [9.17, 15) is 13.2 Å². The molecule has 1 amide bonds. The van der Waals surface area contributed by atoms with Crippen LogP contribution in [0.4, 0.5) is 5.69 Å². The van der Waals surface area contributed by atoms with E-state index in [-0.39, 0.29) is 29.4 Å². The van der Waals surface area contributed by atoms with Gasteiger partial charge in [0.1, 0.15) is 5.75 Å². The van der Waals surface area contributed by atoms with Crippen molar-refractivity contribution < 1.29 is 17.9 Å². The van der Waals surface area contributed by atoms with Gasteiger partial charge in [0, 0.05) is 18.3 Å². The van der Waals surface area contributed by atoms with Crippen LogP contribution in [0, 0.1) is 12.8 Å². The van der Waals surface area contributed by atoms with Crippen LogP contribution in [-0.4, -0.2) is 33.5 Å². The molecule has 6 nitrogen and oxygen atoms in total. The number of para-hydroxylation sites is 1. The molecular weight excluding hydrogens is 388 g/mol. The summed E-state index contributed by atoms with van der Waals surface area (Å²) in [6, 6.07) is 12.7. The average Bonchev–Trinajstić information content (AvgIpc) is 3.01. The Labute approximate surface area is 172 Å². The number of nitrogens with zero attached hydrogens (tertiary/aromatic N) is 1. The first-order chi connectivity index (χ1) is 13.7. The largest absolute Gasteiger partial charge is 0.483 e. The number of anilines is 1. The van der Waals surface area contributed by atoms with Crippen LogP contribution in [0.25, 0.3) is 0 Å². The Balaban J connectivity index is 1.68. The Kier molecular flexibility index (Phi) is 6.29. The Morgan fingerprint density at radius 3 is 2.66 bits per heavy atom. The maximum absolute atomic E-state index is 12.8. The molecule has 1 aliphatic rings. The summed E-state index contributed by atoms with van der Waals surface area (Å²) in [5.41, 5.74) is 2.76. The van der Waals surface area contributed by atoms with Crippen molar-refractivity contribution in [1.82, 2.24) is 4.72 Å². The molecule has 1 atom stereocenters. The SMILES string of the molecule is Cc1cc(S(=O)(=O)NCC(C)C)ccc1OCC(=O)N1c2ccccc2C[C@@H]1C. The number of aryl methyl sites for hydroxylation is 1. The van der Waals surface area contributed by atoms with Gasteiger partial charge in [0.15, 0.2) is 6.61 Å². The molecule has 0 saturated heterocycles. The van der Waals surface area contributed by atoms with E-state index in [1.807, 2.05) is 45.0 Å². The second kappa shape index (κ2) is 8.55. The lowest BCUT2D eigenvalue weighted by Crippen LogP contribution is -2.39. The van der Waals surface area contributed by atoms with E-state index >= 15 is 0 Å². The first-order valence-corrected chi connectivity index (χ1v) is 11.3. The van der Waals surface area contributed by atoms with Gasteiger partial charge < -0.3 is 9.64 Å². The maximum atomic E-state index is 12.8. The lowest BCUT2D eigenvalue weighted by atomic mass is 10.1. The van der Waals surface area contributed by atoms with Crippen molar-refractivity contribution in [2.45, 2.75) is 45.1 Å². The molecule has 3 rings (SSSR count). The van der Waals surface area contributed by atoms with Crippen LogP contribution in [0.5, 0.6) is 5.75 Å². The highest BCUT2D eigenvalue weighted by molar-refractivity contribution is 7.89. The van der Waals surface area contributed by atoms with Gasteiger partial charge in [-0.25, -0.2) is 13.1 Å². The summed E-state index contributed by atoms with van der Waals surface area (Å²) in [7, 11) is -3.56. The molecule has 29 heavy (non-hydrogen) atoms. The van der Waals surface area contributed by atoms with Gasteiger partial charge in [0.05, 0.1) is 4.90 Å². The summed E-state index contributed by atoms with van der Waals surface area (Å²) in [5.74, 6) is 0.607. The van der Waals surface area contributed by atoms with E-state index in [4.69, 9.17) is 4.74 Å². The molecule has 0 aromatic heterocycles. The van der Waals surface area contributed by atoms with Gasteiger partial charge in [-0.1, -0.05) is 32.0 Å². The number of fused-ring (bicyclic) bond motifs is 1. The van der Waals surface area contributed by atoms with Crippen molar-refractivity contribution in [3.63, 3.8) is 0 Å². The summed E-state index contributed by atoms with van der Waals surface area (Å²) >= 11 is 0. The minimum atomic E-state index is -3.56. The zero-order valence-electron chi connectivity index (χ0n) is 17.3. The topological polar surface area (TPSA) is 75.7 Å². The van der Waals surface area contributed by atoms with Crippen molar-refractivity contribution in [3.05, 3.63) is 53.6 Å². The van der Waals surface area contributed by atoms with E-state index in [0.29, 0.717) is 17.9 Å². The van der Waals surface area contributed by atoms with E-state index in [0.717, 1.165) is 17.7 Å². The number of ether oxygens (including phenoxy) is 1. The van der Waals surface area contributed by atoms with Crippen LogP contribution in [0.2, 0.25) is 0 Å². The van der Waals surface area contributed by atoms with Crippen LogP contribution in [-0.2, 0) is 21.2 Å². The Bertz CT molecular complexity index is 1000. The van der Waals surface area contributed by atoms with Crippen LogP contribution in [0.3, 0.4) is 0 Å². The summed E-state index contributed by atoms with van der Waals surface area (Å²) in [6.07, 6.45) is 0.830. The van der Waals surface area contributed by atoms with Gasteiger partial charge >= 0.3 is 0 Å².